The van der Waals surface area contributed by atoms with Crippen LogP contribution in [0.4, 0.5) is 0 Å². The van der Waals surface area contributed by atoms with Gasteiger partial charge in [-0.05, 0) is 54.8 Å². The average Bonchev–Trinajstić information content (AvgIpc) is 3.64. The maximum Gasteiger partial charge on any atom is 0.138 e. The van der Waals surface area contributed by atoms with Crippen LogP contribution in [-0.2, 0) is 6.42 Å². The van der Waals surface area contributed by atoms with Crippen molar-refractivity contribution < 1.29 is 4.74 Å². The molecule has 0 spiro atoms. The van der Waals surface area contributed by atoms with E-state index in [9.17, 15) is 0 Å². The summed E-state index contributed by atoms with van der Waals surface area (Å²) in [6.45, 7) is 2.40. The number of benzene rings is 2. The van der Waals surface area contributed by atoms with Gasteiger partial charge in [-0.25, -0.2) is 0 Å². The zero-order valence-corrected chi connectivity index (χ0v) is 19.4. The largest absolute Gasteiger partial charge is 0.490 e. The highest BCUT2D eigenvalue weighted by Gasteiger charge is 2.15. The molecule has 0 aliphatic rings. The summed E-state index contributed by atoms with van der Waals surface area (Å²) in [4.78, 5) is 11.2. The van der Waals surface area contributed by atoms with Gasteiger partial charge in [0.05, 0.1) is 23.1 Å². The first kappa shape index (κ1) is 21.2. The summed E-state index contributed by atoms with van der Waals surface area (Å²) in [6, 6.07) is 18.5. The van der Waals surface area contributed by atoms with Crippen LogP contribution >= 0.6 is 0 Å². The number of fused-ring (bicyclic) bond motifs is 2. The fourth-order valence-electron chi connectivity index (χ4n) is 4.60. The van der Waals surface area contributed by atoms with E-state index in [2.05, 4.69) is 50.5 Å². The standard InChI is InChI=1S/C28H26N6O/c1-17-24-11-18(6-7-27(24)34-33-17)25-12-22(15-32-28(25)19-8-9-30-13-19)35-16-21(29)10-20-14-31-26-5-3-2-4-23(20)26/h2-9,11-15,21,30-31H,10,16,29H2,1H3,(H,33,34)/t21-/m0/s1. The number of nitrogens with two attached hydrogens (primary N) is 1. The summed E-state index contributed by atoms with van der Waals surface area (Å²) >= 11 is 0. The molecular weight excluding hydrogens is 436 g/mol. The zero-order valence-electron chi connectivity index (χ0n) is 19.4. The van der Waals surface area contributed by atoms with E-state index in [1.807, 2.05) is 49.8 Å². The van der Waals surface area contributed by atoms with Crippen molar-refractivity contribution in [2.24, 2.45) is 5.73 Å². The van der Waals surface area contributed by atoms with Gasteiger partial charge in [-0.1, -0.05) is 24.3 Å². The summed E-state index contributed by atoms with van der Waals surface area (Å²) in [7, 11) is 0. The molecule has 4 aromatic heterocycles. The quantitative estimate of drug-likeness (QED) is 0.256. The molecule has 0 unspecified atom stereocenters. The van der Waals surface area contributed by atoms with Crippen molar-refractivity contribution in [2.45, 2.75) is 19.4 Å². The van der Waals surface area contributed by atoms with E-state index in [0.29, 0.717) is 12.4 Å². The smallest absolute Gasteiger partial charge is 0.138 e. The Bertz CT molecular complexity index is 1610. The summed E-state index contributed by atoms with van der Waals surface area (Å²) < 4.78 is 6.14. The number of pyridine rings is 1. The SMILES string of the molecule is Cc1n[nH]c2ccc(-c3cc(OC[C@@H](N)Cc4c[nH]c5ccccc45)cnc3-c3cc[nH]c3)cc12. The molecule has 6 aromatic rings. The minimum Gasteiger partial charge on any atom is -0.490 e. The van der Waals surface area contributed by atoms with Crippen molar-refractivity contribution in [1.29, 1.82) is 0 Å². The second-order valence-corrected chi connectivity index (χ2v) is 8.87. The van der Waals surface area contributed by atoms with E-state index in [0.717, 1.165) is 50.9 Å². The first-order chi connectivity index (χ1) is 17.2. The fraction of sp³-hybridized carbons (Fsp3) is 0.143. The van der Waals surface area contributed by atoms with Crippen LogP contribution in [0.25, 0.3) is 44.2 Å². The monoisotopic (exact) mass is 462 g/mol. The third-order valence-corrected chi connectivity index (χ3v) is 6.42. The maximum absolute atomic E-state index is 6.45. The van der Waals surface area contributed by atoms with Crippen LogP contribution in [-0.4, -0.2) is 37.8 Å². The van der Waals surface area contributed by atoms with Crippen molar-refractivity contribution in [3.05, 3.63) is 90.6 Å². The van der Waals surface area contributed by atoms with Gasteiger partial charge in [-0.3, -0.25) is 10.1 Å². The van der Waals surface area contributed by atoms with Crippen LogP contribution in [0.5, 0.6) is 5.75 Å². The van der Waals surface area contributed by atoms with Crippen LogP contribution in [0.2, 0.25) is 0 Å². The number of aromatic nitrogens is 5. The van der Waals surface area contributed by atoms with Crippen LogP contribution < -0.4 is 10.5 Å². The lowest BCUT2D eigenvalue weighted by atomic mass is 9.99. The Balaban J connectivity index is 1.27. The average molecular weight is 463 g/mol. The van der Waals surface area contributed by atoms with Gasteiger partial charge in [-0.2, -0.15) is 5.10 Å². The Morgan fingerprint density at radius 1 is 0.971 bits per heavy atom. The van der Waals surface area contributed by atoms with Gasteiger partial charge in [-0.15, -0.1) is 0 Å². The van der Waals surface area contributed by atoms with Gasteiger partial charge in [0.2, 0.25) is 0 Å². The minimum absolute atomic E-state index is 0.146. The van der Waals surface area contributed by atoms with Gasteiger partial charge in [0.1, 0.15) is 12.4 Å². The van der Waals surface area contributed by atoms with E-state index >= 15 is 0 Å². The number of ether oxygens (including phenoxy) is 1. The molecule has 7 heteroatoms. The predicted molar refractivity (Wildman–Crippen MR) is 139 cm³/mol. The number of aromatic amines is 3. The van der Waals surface area contributed by atoms with E-state index in [1.165, 1.54) is 10.9 Å². The maximum atomic E-state index is 6.45. The number of aryl methyl sites for hydroxylation is 1. The van der Waals surface area contributed by atoms with Crippen LogP contribution in [0.1, 0.15) is 11.3 Å². The molecule has 5 N–H and O–H groups in total. The Labute approximate surface area is 202 Å². The zero-order chi connectivity index (χ0) is 23.8. The van der Waals surface area contributed by atoms with Crippen LogP contribution in [0.15, 0.2) is 79.4 Å². The molecule has 174 valence electrons. The molecule has 0 saturated heterocycles. The van der Waals surface area contributed by atoms with E-state index in [4.69, 9.17) is 15.5 Å². The second kappa shape index (κ2) is 8.77. The molecule has 0 aliphatic carbocycles. The van der Waals surface area contributed by atoms with E-state index < -0.39 is 0 Å². The van der Waals surface area contributed by atoms with Crippen LogP contribution in [0, 0.1) is 6.92 Å². The molecule has 7 nitrogen and oxygen atoms in total. The number of rotatable bonds is 7. The number of H-pyrrole nitrogens is 3. The summed E-state index contributed by atoms with van der Waals surface area (Å²) in [6.07, 6.45) is 8.38. The number of hydrogen-bond donors (Lipinski definition) is 4. The van der Waals surface area contributed by atoms with Crippen molar-refractivity contribution >= 4 is 21.8 Å². The molecule has 4 heterocycles. The molecule has 0 radical (unpaired) electrons. The lowest BCUT2D eigenvalue weighted by Crippen LogP contribution is -2.30. The van der Waals surface area contributed by atoms with Crippen LogP contribution in [0.3, 0.4) is 0 Å². The summed E-state index contributed by atoms with van der Waals surface area (Å²) in [5, 5.41) is 9.70. The Morgan fingerprint density at radius 2 is 1.89 bits per heavy atom. The predicted octanol–water partition coefficient (Wildman–Crippen LogP) is 5.36. The Hall–Kier alpha value is -4.36. The molecule has 0 bridgehead atoms. The number of para-hydroxylation sites is 1. The topological polar surface area (TPSA) is 108 Å². The molecule has 2 aromatic carbocycles. The van der Waals surface area contributed by atoms with Crippen molar-refractivity contribution in [1.82, 2.24) is 25.1 Å². The molecule has 0 amide bonds. The third-order valence-electron chi connectivity index (χ3n) is 6.42. The highest BCUT2D eigenvalue weighted by molar-refractivity contribution is 5.90. The minimum atomic E-state index is -0.146. The Kier molecular flexibility index (Phi) is 5.31. The summed E-state index contributed by atoms with van der Waals surface area (Å²) in [5.74, 6) is 0.692. The molecule has 0 saturated carbocycles. The first-order valence-corrected chi connectivity index (χ1v) is 11.7. The normalized spacial score (nSPS) is 12.4. The number of hydrogen-bond acceptors (Lipinski definition) is 4. The van der Waals surface area contributed by atoms with E-state index in [1.54, 1.807) is 6.20 Å². The van der Waals surface area contributed by atoms with Gasteiger partial charge in [0, 0.05) is 52.0 Å². The van der Waals surface area contributed by atoms with Gasteiger partial charge in [0.15, 0.2) is 0 Å². The first-order valence-electron chi connectivity index (χ1n) is 11.7. The molecular formula is C28H26N6O. The molecule has 1 atom stereocenters. The molecule has 0 fully saturated rings. The van der Waals surface area contributed by atoms with Gasteiger partial charge >= 0.3 is 0 Å². The highest BCUT2D eigenvalue weighted by atomic mass is 16.5. The highest BCUT2D eigenvalue weighted by Crippen LogP contribution is 2.34. The molecule has 0 aliphatic heterocycles. The second-order valence-electron chi connectivity index (χ2n) is 8.87. The molecule has 35 heavy (non-hydrogen) atoms. The van der Waals surface area contributed by atoms with Crippen molar-refractivity contribution in [3.63, 3.8) is 0 Å². The van der Waals surface area contributed by atoms with Gasteiger partial charge in [0.25, 0.3) is 0 Å². The third kappa shape index (κ3) is 4.06. The Morgan fingerprint density at radius 3 is 2.77 bits per heavy atom. The number of nitrogens with zero attached hydrogens (tertiary/aromatic N) is 2. The summed E-state index contributed by atoms with van der Waals surface area (Å²) in [5.41, 5.74) is 14.7. The number of nitrogens with one attached hydrogen (secondary N) is 3. The fourth-order valence-corrected chi connectivity index (χ4v) is 4.60. The lowest BCUT2D eigenvalue weighted by molar-refractivity contribution is 0.287. The van der Waals surface area contributed by atoms with Crippen molar-refractivity contribution in [3.8, 4) is 28.1 Å². The van der Waals surface area contributed by atoms with E-state index in [-0.39, 0.29) is 6.04 Å². The van der Waals surface area contributed by atoms with Crippen molar-refractivity contribution in [2.75, 3.05) is 6.61 Å². The lowest BCUT2D eigenvalue weighted by Gasteiger charge is -2.15. The van der Waals surface area contributed by atoms with Gasteiger partial charge < -0.3 is 20.4 Å². The molecule has 6 rings (SSSR count).